The summed E-state index contributed by atoms with van der Waals surface area (Å²) in [7, 11) is 1.61. The maximum Gasteiger partial charge on any atom is 0.122 e. The fourth-order valence-corrected chi connectivity index (χ4v) is 6.31. The van der Waals surface area contributed by atoms with Crippen LogP contribution in [0.4, 0.5) is 0 Å². The molecule has 0 saturated carbocycles. The van der Waals surface area contributed by atoms with Gasteiger partial charge in [-0.1, -0.05) is 30.3 Å². The van der Waals surface area contributed by atoms with Gasteiger partial charge < -0.3 is 48.8 Å². The van der Waals surface area contributed by atoms with Crippen LogP contribution in [-0.4, -0.2) is 172 Å². The number of morpholine rings is 2. The molecule has 0 aromatic heterocycles. The lowest BCUT2D eigenvalue weighted by Crippen LogP contribution is -2.42. The molecule has 306 valence electrons. The number of para-hydroxylation sites is 1. The largest absolute Gasteiger partial charge is 0.497 e. The fourth-order valence-electron chi connectivity index (χ4n) is 6.31. The molecule has 2 aliphatic rings. The van der Waals surface area contributed by atoms with Crippen LogP contribution in [0.1, 0.15) is 17.5 Å². The monoisotopic (exact) mass is 769 g/mol. The van der Waals surface area contributed by atoms with E-state index in [4.69, 9.17) is 28.4 Å². The van der Waals surface area contributed by atoms with Crippen molar-refractivity contribution in [3.8, 4) is 23.0 Å². The highest BCUT2D eigenvalue weighted by Gasteiger charge is 2.17. The van der Waals surface area contributed by atoms with Crippen molar-refractivity contribution in [1.82, 2.24) is 14.7 Å². The fraction of sp³-hybridized carbons (Fsp3) is 0.571. The maximum atomic E-state index is 10.4. The number of benzene rings is 3. The minimum atomic E-state index is -0.672. The number of aliphatic hydroxyl groups is 4. The summed E-state index contributed by atoms with van der Waals surface area (Å²) in [4.78, 5) is 6.44. The highest BCUT2D eigenvalue weighted by Crippen LogP contribution is 2.19. The van der Waals surface area contributed by atoms with Crippen LogP contribution < -0.4 is 18.9 Å². The quantitative estimate of drug-likeness (QED) is 0.119. The molecular formula is C42H63N3O10. The standard InChI is InChI=1S/C28H42N2O7.C14H21NO3/c1-34-26-7-9-27(10-8-26)36-21-24(32)19-29(12-15-31)11-3-5-23-4-2-6-28(18-23)37-22-25(33)20-30-13-16-35-17-14-30;1-12-4-2-3-5-14(12)18-11-13(16)10-15-6-8-17-9-7-15/h2,4,6-10,18,24-25,31-33H,3,5,11-17,19-22H2,1H3;2-5,13,16H,6-11H2,1H3. The topological polar surface area (TPSA) is 146 Å². The lowest BCUT2D eigenvalue weighted by Gasteiger charge is -2.28. The van der Waals surface area contributed by atoms with Gasteiger partial charge in [-0.2, -0.15) is 0 Å². The van der Waals surface area contributed by atoms with Crippen molar-refractivity contribution < 1.29 is 48.8 Å². The van der Waals surface area contributed by atoms with Gasteiger partial charge in [-0.25, -0.2) is 0 Å². The molecule has 2 saturated heterocycles. The van der Waals surface area contributed by atoms with Gasteiger partial charge in [0.15, 0.2) is 0 Å². The van der Waals surface area contributed by atoms with E-state index < -0.39 is 18.3 Å². The molecule has 5 rings (SSSR count). The predicted octanol–water partition coefficient (Wildman–Crippen LogP) is 2.50. The van der Waals surface area contributed by atoms with Gasteiger partial charge in [0, 0.05) is 52.4 Å². The Kier molecular flexibility index (Phi) is 20.6. The number of aryl methyl sites for hydroxylation is 2. The van der Waals surface area contributed by atoms with Gasteiger partial charge in [0.1, 0.15) is 61.1 Å². The van der Waals surface area contributed by atoms with Crippen molar-refractivity contribution in [2.24, 2.45) is 0 Å². The van der Waals surface area contributed by atoms with Crippen LogP contribution in [0.25, 0.3) is 0 Å². The molecule has 2 heterocycles. The number of rotatable bonds is 22. The molecule has 13 nitrogen and oxygen atoms in total. The van der Waals surface area contributed by atoms with Crippen LogP contribution in [0.3, 0.4) is 0 Å². The molecule has 3 atom stereocenters. The van der Waals surface area contributed by atoms with Crippen LogP contribution in [0.15, 0.2) is 72.8 Å². The van der Waals surface area contributed by atoms with E-state index in [-0.39, 0.29) is 19.8 Å². The Bertz CT molecular complexity index is 1440. The van der Waals surface area contributed by atoms with Crippen LogP contribution in [0.5, 0.6) is 23.0 Å². The van der Waals surface area contributed by atoms with Crippen LogP contribution in [0.2, 0.25) is 0 Å². The molecular weight excluding hydrogens is 706 g/mol. The van der Waals surface area contributed by atoms with Gasteiger partial charge in [-0.15, -0.1) is 0 Å². The van der Waals surface area contributed by atoms with Gasteiger partial charge in [0.2, 0.25) is 0 Å². The minimum Gasteiger partial charge on any atom is -0.497 e. The molecule has 0 aliphatic carbocycles. The predicted molar refractivity (Wildman–Crippen MR) is 211 cm³/mol. The third kappa shape index (κ3) is 17.9. The molecule has 3 aromatic rings. The second kappa shape index (κ2) is 25.6. The van der Waals surface area contributed by atoms with E-state index in [1.165, 1.54) is 0 Å². The van der Waals surface area contributed by atoms with Gasteiger partial charge in [0.25, 0.3) is 0 Å². The van der Waals surface area contributed by atoms with Crippen LogP contribution in [-0.2, 0) is 15.9 Å². The van der Waals surface area contributed by atoms with E-state index in [0.29, 0.717) is 51.7 Å². The average Bonchev–Trinajstić information content (AvgIpc) is 3.20. The summed E-state index contributed by atoms with van der Waals surface area (Å²) in [6.45, 7) is 12.1. The number of hydrogen-bond donors (Lipinski definition) is 4. The third-order valence-electron chi connectivity index (χ3n) is 9.34. The first-order valence-corrected chi connectivity index (χ1v) is 19.5. The van der Waals surface area contributed by atoms with Crippen molar-refractivity contribution in [3.05, 3.63) is 83.9 Å². The lowest BCUT2D eigenvalue weighted by molar-refractivity contribution is 0.00449. The molecule has 2 aliphatic heterocycles. The SMILES string of the molecule is COc1ccc(OCC(O)CN(CCO)CCCc2cccc(OCC(O)CN3CCOCC3)c2)cc1.Cc1ccccc1OCC(O)CN1CCOCC1. The molecule has 0 amide bonds. The average molecular weight is 770 g/mol. The highest BCUT2D eigenvalue weighted by molar-refractivity contribution is 5.32. The minimum absolute atomic E-state index is 0.0299. The van der Waals surface area contributed by atoms with Crippen LogP contribution in [0, 0.1) is 6.92 Å². The Hall–Kier alpha value is -3.50. The lowest BCUT2D eigenvalue weighted by atomic mass is 10.1. The van der Waals surface area contributed by atoms with Crippen molar-refractivity contribution in [3.63, 3.8) is 0 Å². The van der Waals surface area contributed by atoms with E-state index in [2.05, 4.69) is 15.9 Å². The molecule has 2 fully saturated rings. The van der Waals surface area contributed by atoms with E-state index in [0.717, 1.165) is 87.2 Å². The molecule has 4 N–H and O–H groups in total. The van der Waals surface area contributed by atoms with E-state index in [1.807, 2.05) is 66.4 Å². The van der Waals surface area contributed by atoms with Crippen molar-refractivity contribution in [2.75, 3.05) is 119 Å². The Balaban J connectivity index is 0.000000311. The van der Waals surface area contributed by atoms with Gasteiger partial charge in [-0.05, 0) is 79.9 Å². The molecule has 3 aromatic carbocycles. The Labute approximate surface area is 326 Å². The number of methoxy groups -OCH3 is 1. The number of β-amino-alcohol motifs (C(OH)–C–C–N with tert-alkyl or cyclic N) is 2. The van der Waals surface area contributed by atoms with E-state index >= 15 is 0 Å². The zero-order valence-corrected chi connectivity index (χ0v) is 32.7. The zero-order chi connectivity index (χ0) is 39.1. The van der Waals surface area contributed by atoms with Crippen LogP contribution >= 0.6 is 0 Å². The Morgan fingerprint density at radius 3 is 1.87 bits per heavy atom. The molecule has 13 heteroatoms. The summed E-state index contributed by atoms with van der Waals surface area (Å²) < 4.78 is 32.9. The van der Waals surface area contributed by atoms with E-state index in [1.54, 1.807) is 19.2 Å². The summed E-state index contributed by atoms with van der Waals surface area (Å²) in [5.74, 6) is 3.01. The van der Waals surface area contributed by atoms with Crippen molar-refractivity contribution in [2.45, 2.75) is 38.1 Å². The summed E-state index contributed by atoms with van der Waals surface area (Å²) in [5.41, 5.74) is 2.24. The number of ether oxygens (including phenoxy) is 6. The Morgan fingerprint density at radius 1 is 0.673 bits per heavy atom. The molecule has 55 heavy (non-hydrogen) atoms. The molecule has 0 radical (unpaired) electrons. The highest BCUT2D eigenvalue weighted by atomic mass is 16.5. The second-order valence-electron chi connectivity index (χ2n) is 13.9. The molecule has 3 unspecified atom stereocenters. The van der Waals surface area contributed by atoms with Crippen molar-refractivity contribution >= 4 is 0 Å². The van der Waals surface area contributed by atoms with E-state index in [9.17, 15) is 20.4 Å². The Morgan fingerprint density at radius 2 is 1.25 bits per heavy atom. The number of aliphatic hydroxyl groups excluding tert-OH is 4. The summed E-state index contributed by atoms with van der Waals surface area (Å²) in [5, 5.41) is 40.2. The third-order valence-corrected chi connectivity index (χ3v) is 9.34. The molecule has 0 spiro atoms. The van der Waals surface area contributed by atoms with Gasteiger partial charge in [0.05, 0.1) is 40.1 Å². The summed E-state index contributed by atoms with van der Waals surface area (Å²) in [6, 6.07) is 23.0. The summed E-state index contributed by atoms with van der Waals surface area (Å²) in [6.07, 6.45) is 0.0363. The van der Waals surface area contributed by atoms with Gasteiger partial charge >= 0.3 is 0 Å². The zero-order valence-electron chi connectivity index (χ0n) is 32.7. The first kappa shape index (κ1) is 44.2. The normalized spacial score (nSPS) is 16.8. The van der Waals surface area contributed by atoms with Gasteiger partial charge in [-0.3, -0.25) is 14.7 Å². The van der Waals surface area contributed by atoms with Crippen molar-refractivity contribution in [1.29, 1.82) is 0 Å². The first-order chi connectivity index (χ1) is 26.8. The number of hydrogen-bond acceptors (Lipinski definition) is 13. The maximum absolute atomic E-state index is 10.4. The molecule has 0 bridgehead atoms. The second-order valence-corrected chi connectivity index (χ2v) is 13.9. The summed E-state index contributed by atoms with van der Waals surface area (Å²) >= 11 is 0. The first-order valence-electron chi connectivity index (χ1n) is 19.5. The smallest absolute Gasteiger partial charge is 0.122 e. The number of nitrogens with zero attached hydrogens (tertiary/aromatic N) is 3.